The minimum absolute atomic E-state index is 0.0961. The molecule has 0 aromatic carbocycles. The lowest BCUT2D eigenvalue weighted by molar-refractivity contribution is -0.121. The molecule has 0 unspecified atom stereocenters. The van der Waals surface area contributed by atoms with Crippen molar-refractivity contribution in [3.05, 3.63) is 11.9 Å². The third kappa shape index (κ3) is 3.14. The van der Waals surface area contributed by atoms with Crippen molar-refractivity contribution in [2.24, 2.45) is 0 Å². The van der Waals surface area contributed by atoms with Gasteiger partial charge in [0.25, 0.3) is 0 Å². The van der Waals surface area contributed by atoms with Crippen LogP contribution in [-0.2, 0) is 17.9 Å². The van der Waals surface area contributed by atoms with E-state index in [0.717, 1.165) is 6.42 Å². The molecule has 1 aromatic heterocycles. The molecule has 2 N–H and O–H groups in total. The van der Waals surface area contributed by atoms with Crippen LogP contribution in [0.1, 0.15) is 19.0 Å². The second-order valence-electron chi connectivity index (χ2n) is 2.92. The molecule has 0 fully saturated rings. The number of nitrogens with one attached hydrogen (secondary N) is 1. The van der Waals surface area contributed by atoms with Crippen LogP contribution in [0.25, 0.3) is 0 Å². The maximum atomic E-state index is 11.2. The number of rotatable bonds is 5. The highest BCUT2D eigenvalue weighted by Gasteiger charge is 2.03. The quantitative estimate of drug-likeness (QED) is 0.655. The molecule has 0 bridgehead atoms. The van der Waals surface area contributed by atoms with Gasteiger partial charge >= 0.3 is 0 Å². The van der Waals surface area contributed by atoms with Gasteiger partial charge < -0.3 is 10.4 Å². The van der Waals surface area contributed by atoms with Gasteiger partial charge in [-0.3, -0.25) is 4.79 Å². The largest absolute Gasteiger partial charge is 0.390 e. The van der Waals surface area contributed by atoms with E-state index < -0.39 is 0 Å². The molecule has 0 aliphatic heterocycles. The van der Waals surface area contributed by atoms with Crippen molar-refractivity contribution in [1.29, 1.82) is 0 Å². The van der Waals surface area contributed by atoms with Gasteiger partial charge in [0, 0.05) is 6.54 Å². The van der Waals surface area contributed by atoms with Crippen LogP contribution in [0.4, 0.5) is 0 Å². The Bertz CT molecular complexity index is 297. The number of carbonyl (C=O) groups is 1. The third-order valence-electron chi connectivity index (χ3n) is 1.63. The first-order valence-corrected chi connectivity index (χ1v) is 4.52. The van der Waals surface area contributed by atoms with E-state index in [1.165, 1.54) is 4.68 Å². The van der Waals surface area contributed by atoms with E-state index in [-0.39, 0.29) is 19.1 Å². The summed E-state index contributed by atoms with van der Waals surface area (Å²) >= 11 is 0. The predicted octanol–water partition coefficient (Wildman–Crippen LogP) is -0.703. The lowest BCUT2D eigenvalue weighted by Crippen LogP contribution is -2.28. The summed E-state index contributed by atoms with van der Waals surface area (Å²) < 4.78 is 1.40. The fourth-order valence-corrected chi connectivity index (χ4v) is 0.956. The van der Waals surface area contributed by atoms with Crippen molar-refractivity contribution < 1.29 is 9.90 Å². The zero-order chi connectivity index (χ0) is 10.4. The highest BCUT2D eigenvalue weighted by Crippen LogP contribution is 1.91. The Morgan fingerprint density at radius 1 is 1.71 bits per heavy atom. The SMILES string of the molecule is CCCNC(=O)Cn1cc(CO)nn1. The van der Waals surface area contributed by atoms with Crippen LogP contribution in [0.2, 0.25) is 0 Å². The highest BCUT2D eigenvalue weighted by molar-refractivity contribution is 5.75. The molecule has 0 radical (unpaired) electrons. The van der Waals surface area contributed by atoms with Gasteiger partial charge in [0.05, 0.1) is 12.8 Å². The minimum atomic E-state index is -0.156. The molecule has 0 saturated heterocycles. The van der Waals surface area contributed by atoms with Crippen molar-refractivity contribution in [2.75, 3.05) is 6.54 Å². The first-order valence-electron chi connectivity index (χ1n) is 4.52. The second-order valence-corrected chi connectivity index (χ2v) is 2.92. The third-order valence-corrected chi connectivity index (χ3v) is 1.63. The molecule has 1 heterocycles. The van der Waals surface area contributed by atoms with E-state index in [0.29, 0.717) is 12.2 Å². The molecule has 1 aromatic rings. The maximum absolute atomic E-state index is 11.2. The van der Waals surface area contributed by atoms with E-state index in [1.54, 1.807) is 6.20 Å². The average Bonchev–Trinajstić information content (AvgIpc) is 2.62. The van der Waals surface area contributed by atoms with Gasteiger partial charge in [-0.15, -0.1) is 5.10 Å². The van der Waals surface area contributed by atoms with Crippen molar-refractivity contribution in [3.63, 3.8) is 0 Å². The molecule has 1 amide bonds. The Hall–Kier alpha value is -1.43. The lowest BCUT2D eigenvalue weighted by Gasteiger charge is -2.01. The molecule has 0 aliphatic rings. The Morgan fingerprint density at radius 2 is 2.50 bits per heavy atom. The summed E-state index contributed by atoms with van der Waals surface area (Å²) in [5.74, 6) is -0.0961. The van der Waals surface area contributed by atoms with E-state index in [4.69, 9.17) is 5.11 Å². The fraction of sp³-hybridized carbons (Fsp3) is 0.625. The van der Waals surface area contributed by atoms with Crippen LogP contribution in [0.15, 0.2) is 6.20 Å². The molecule has 14 heavy (non-hydrogen) atoms. The van der Waals surface area contributed by atoms with E-state index in [2.05, 4.69) is 15.6 Å². The molecule has 1 rings (SSSR count). The number of aliphatic hydroxyl groups is 1. The molecule has 0 spiro atoms. The van der Waals surface area contributed by atoms with E-state index >= 15 is 0 Å². The highest BCUT2D eigenvalue weighted by atomic mass is 16.3. The van der Waals surface area contributed by atoms with Gasteiger partial charge in [0.15, 0.2) is 0 Å². The summed E-state index contributed by atoms with van der Waals surface area (Å²) in [6.45, 7) is 2.64. The molecule has 78 valence electrons. The number of nitrogens with zero attached hydrogens (tertiary/aromatic N) is 3. The fourth-order valence-electron chi connectivity index (χ4n) is 0.956. The molecule has 0 saturated carbocycles. The zero-order valence-corrected chi connectivity index (χ0v) is 8.10. The van der Waals surface area contributed by atoms with Gasteiger partial charge in [-0.05, 0) is 6.42 Å². The number of aliphatic hydroxyl groups excluding tert-OH is 1. The second kappa shape index (κ2) is 5.33. The number of hydrogen-bond acceptors (Lipinski definition) is 4. The van der Waals surface area contributed by atoms with Crippen LogP contribution in [0.3, 0.4) is 0 Å². The Labute approximate surface area is 81.9 Å². The molecule has 0 atom stereocenters. The smallest absolute Gasteiger partial charge is 0.241 e. The van der Waals surface area contributed by atoms with Crippen molar-refractivity contribution in [2.45, 2.75) is 26.5 Å². The normalized spacial score (nSPS) is 10.1. The average molecular weight is 198 g/mol. The summed E-state index contributed by atoms with van der Waals surface area (Å²) in [5, 5.41) is 18.8. The Balaban J connectivity index is 2.39. The van der Waals surface area contributed by atoms with Gasteiger partial charge in [-0.2, -0.15) is 0 Å². The number of amides is 1. The summed E-state index contributed by atoms with van der Waals surface area (Å²) in [5.41, 5.74) is 0.466. The standard InChI is InChI=1S/C8H14N4O2/c1-2-3-9-8(14)5-12-4-7(6-13)10-11-12/h4,13H,2-3,5-6H2,1H3,(H,9,14). The summed E-state index contributed by atoms with van der Waals surface area (Å²) in [4.78, 5) is 11.2. The van der Waals surface area contributed by atoms with Gasteiger partial charge in [0.2, 0.25) is 5.91 Å². The van der Waals surface area contributed by atoms with E-state index in [1.807, 2.05) is 6.92 Å². The summed E-state index contributed by atoms with van der Waals surface area (Å²) in [6, 6.07) is 0. The molecule has 6 nitrogen and oxygen atoms in total. The van der Waals surface area contributed by atoms with Gasteiger partial charge in [-0.25, -0.2) is 4.68 Å². The lowest BCUT2D eigenvalue weighted by atomic mass is 10.4. The zero-order valence-electron chi connectivity index (χ0n) is 8.10. The van der Waals surface area contributed by atoms with Gasteiger partial charge in [0.1, 0.15) is 12.2 Å². The van der Waals surface area contributed by atoms with Crippen molar-refractivity contribution >= 4 is 5.91 Å². The number of hydrogen-bond donors (Lipinski definition) is 2. The Kier molecular flexibility index (Phi) is 4.06. The minimum Gasteiger partial charge on any atom is -0.390 e. The topological polar surface area (TPSA) is 80.0 Å². The summed E-state index contributed by atoms with van der Waals surface area (Å²) in [7, 11) is 0. The predicted molar refractivity (Wildman–Crippen MR) is 49.2 cm³/mol. The number of aromatic nitrogens is 3. The Morgan fingerprint density at radius 3 is 3.07 bits per heavy atom. The molecule has 0 aliphatic carbocycles. The van der Waals surface area contributed by atoms with Crippen LogP contribution < -0.4 is 5.32 Å². The molecular weight excluding hydrogens is 184 g/mol. The van der Waals surface area contributed by atoms with Crippen LogP contribution in [0.5, 0.6) is 0 Å². The first kappa shape index (κ1) is 10.6. The van der Waals surface area contributed by atoms with Crippen molar-refractivity contribution in [3.8, 4) is 0 Å². The molecular formula is C8H14N4O2. The van der Waals surface area contributed by atoms with E-state index in [9.17, 15) is 4.79 Å². The monoisotopic (exact) mass is 198 g/mol. The van der Waals surface area contributed by atoms with Crippen LogP contribution in [0, 0.1) is 0 Å². The van der Waals surface area contributed by atoms with Crippen molar-refractivity contribution in [1.82, 2.24) is 20.3 Å². The van der Waals surface area contributed by atoms with Crippen LogP contribution in [-0.4, -0.2) is 32.6 Å². The maximum Gasteiger partial charge on any atom is 0.241 e. The summed E-state index contributed by atoms with van der Waals surface area (Å²) in [6.07, 6.45) is 2.45. The van der Waals surface area contributed by atoms with Crippen LogP contribution >= 0.6 is 0 Å². The number of carbonyl (C=O) groups excluding carboxylic acids is 1. The first-order chi connectivity index (χ1) is 6.76. The molecule has 6 heteroatoms. The van der Waals surface area contributed by atoms with Gasteiger partial charge in [-0.1, -0.05) is 12.1 Å².